The van der Waals surface area contributed by atoms with Crippen LogP contribution in [0, 0.1) is 6.92 Å². The molecule has 1 aromatic carbocycles. The van der Waals surface area contributed by atoms with E-state index in [0.29, 0.717) is 6.04 Å². The molecule has 3 N–H and O–H groups in total. The zero-order valence-electron chi connectivity index (χ0n) is 11.9. The SMILES string of the molecule is Cc1nn(C(C)C)c(NCCc2ccccc2)c1N. The van der Waals surface area contributed by atoms with Gasteiger partial charge in [0.25, 0.3) is 0 Å². The summed E-state index contributed by atoms with van der Waals surface area (Å²) in [5, 5.41) is 7.87. The van der Waals surface area contributed by atoms with Gasteiger partial charge in [-0.3, -0.25) is 0 Å². The second kappa shape index (κ2) is 5.78. The van der Waals surface area contributed by atoms with Gasteiger partial charge in [-0.2, -0.15) is 5.10 Å². The summed E-state index contributed by atoms with van der Waals surface area (Å²) >= 11 is 0. The molecule has 4 nitrogen and oxygen atoms in total. The Morgan fingerprint density at radius 2 is 1.95 bits per heavy atom. The number of rotatable bonds is 5. The Labute approximate surface area is 114 Å². The van der Waals surface area contributed by atoms with Crippen molar-refractivity contribution in [2.24, 2.45) is 0 Å². The number of aryl methyl sites for hydroxylation is 1. The Kier molecular flexibility index (Phi) is 4.10. The fourth-order valence-electron chi connectivity index (χ4n) is 2.08. The van der Waals surface area contributed by atoms with Gasteiger partial charge in [0.1, 0.15) is 5.82 Å². The number of hydrogen-bond acceptors (Lipinski definition) is 3. The van der Waals surface area contributed by atoms with E-state index in [-0.39, 0.29) is 0 Å². The molecule has 2 aromatic rings. The zero-order chi connectivity index (χ0) is 13.8. The molecule has 4 heteroatoms. The van der Waals surface area contributed by atoms with E-state index in [2.05, 4.69) is 48.5 Å². The molecule has 0 unspecified atom stereocenters. The molecule has 0 saturated heterocycles. The van der Waals surface area contributed by atoms with Gasteiger partial charge in [-0.05, 0) is 32.8 Å². The van der Waals surface area contributed by atoms with Crippen molar-refractivity contribution in [2.75, 3.05) is 17.6 Å². The van der Waals surface area contributed by atoms with Crippen molar-refractivity contribution >= 4 is 11.5 Å². The van der Waals surface area contributed by atoms with Crippen LogP contribution in [-0.2, 0) is 6.42 Å². The first kappa shape index (κ1) is 13.5. The minimum atomic E-state index is 0.301. The van der Waals surface area contributed by atoms with E-state index in [1.807, 2.05) is 17.7 Å². The average molecular weight is 258 g/mol. The first-order valence-electron chi connectivity index (χ1n) is 6.72. The molecule has 0 spiro atoms. The van der Waals surface area contributed by atoms with E-state index in [4.69, 9.17) is 5.73 Å². The highest BCUT2D eigenvalue weighted by molar-refractivity contribution is 5.64. The van der Waals surface area contributed by atoms with Crippen LogP contribution in [0.2, 0.25) is 0 Å². The number of nitrogen functional groups attached to an aromatic ring is 1. The van der Waals surface area contributed by atoms with Crippen molar-refractivity contribution in [3.63, 3.8) is 0 Å². The monoisotopic (exact) mass is 258 g/mol. The van der Waals surface area contributed by atoms with Gasteiger partial charge >= 0.3 is 0 Å². The van der Waals surface area contributed by atoms with Crippen LogP contribution in [0.5, 0.6) is 0 Å². The fourth-order valence-corrected chi connectivity index (χ4v) is 2.08. The summed E-state index contributed by atoms with van der Waals surface area (Å²) in [4.78, 5) is 0. The van der Waals surface area contributed by atoms with Crippen molar-refractivity contribution < 1.29 is 0 Å². The number of nitrogens with two attached hydrogens (primary N) is 1. The fraction of sp³-hybridized carbons (Fsp3) is 0.400. The second-order valence-corrected chi connectivity index (χ2v) is 5.05. The lowest BCUT2D eigenvalue weighted by atomic mass is 10.1. The first-order chi connectivity index (χ1) is 9.09. The minimum Gasteiger partial charge on any atom is -0.394 e. The van der Waals surface area contributed by atoms with Gasteiger partial charge in [-0.1, -0.05) is 30.3 Å². The Morgan fingerprint density at radius 3 is 2.58 bits per heavy atom. The van der Waals surface area contributed by atoms with E-state index in [1.165, 1.54) is 5.56 Å². The molecule has 0 atom stereocenters. The Balaban J connectivity index is 2.03. The molecular formula is C15H22N4. The van der Waals surface area contributed by atoms with E-state index in [9.17, 15) is 0 Å². The van der Waals surface area contributed by atoms with Crippen LogP contribution in [-0.4, -0.2) is 16.3 Å². The summed E-state index contributed by atoms with van der Waals surface area (Å²) in [5.74, 6) is 0.934. The lowest BCUT2D eigenvalue weighted by Crippen LogP contribution is -2.13. The lowest BCUT2D eigenvalue weighted by molar-refractivity contribution is 0.534. The molecule has 0 fully saturated rings. The number of aromatic nitrogens is 2. The lowest BCUT2D eigenvalue weighted by Gasteiger charge is -2.13. The van der Waals surface area contributed by atoms with Crippen LogP contribution in [0.15, 0.2) is 30.3 Å². The predicted molar refractivity (Wildman–Crippen MR) is 80.4 cm³/mol. The molecule has 0 aliphatic heterocycles. The zero-order valence-corrected chi connectivity index (χ0v) is 11.9. The van der Waals surface area contributed by atoms with E-state index < -0.39 is 0 Å². The van der Waals surface area contributed by atoms with Crippen LogP contribution >= 0.6 is 0 Å². The summed E-state index contributed by atoms with van der Waals surface area (Å²) in [7, 11) is 0. The Hall–Kier alpha value is -1.97. The van der Waals surface area contributed by atoms with Gasteiger partial charge in [0.05, 0.1) is 11.4 Å². The highest BCUT2D eigenvalue weighted by Crippen LogP contribution is 2.25. The van der Waals surface area contributed by atoms with Gasteiger partial charge in [-0.15, -0.1) is 0 Å². The molecule has 0 amide bonds. The topological polar surface area (TPSA) is 55.9 Å². The van der Waals surface area contributed by atoms with Crippen molar-refractivity contribution in [3.8, 4) is 0 Å². The maximum absolute atomic E-state index is 6.07. The molecule has 1 heterocycles. The molecule has 19 heavy (non-hydrogen) atoms. The summed E-state index contributed by atoms with van der Waals surface area (Å²) in [6.45, 7) is 7.01. The van der Waals surface area contributed by atoms with E-state index >= 15 is 0 Å². The molecule has 0 saturated carbocycles. The summed E-state index contributed by atoms with van der Waals surface area (Å²) in [6.07, 6.45) is 0.975. The van der Waals surface area contributed by atoms with Crippen LogP contribution in [0.3, 0.4) is 0 Å². The number of nitrogens with one attached hydrogen (secondary N) is 1. The summed E-state index contributed by atoms with van der Waals surface area (Å²) in [6, 6.07) is 10.7. The third-order valence-electron chi connectivity index (χ3n) is 3.17. The Morgan fingerprint density at radius 1 is 1.26 bits per heavy atom. The molecule has 2 rings (SSSR count). The van der Waals surface area contributed by atoms with Gasteiger partial charge in [0.2, 0.25) is 0 Å². The largest absolute Gasteiger partial charge is 0.394 e. The normalized spacial score (nSPS) is 10.9. The standard InChI is InChI=1S/C15H22N4/c1-11(2)19-15(14(16)12(3)18-19)17-10-9-13-7-5-4-6-8-13/h4-8,11,17H,9-10,16H2,1-3H3. The highest BCUT2D eigenvalue weighted by atomic mass is 15.4. The number of anilines is 2. The number of benzene rings is 1. The van der Waals surface area contributed by atoms with Crippen molar-refractivity contribution in [1.29, 1.82) is 0 Å². The molecule has 102 valence electrons. The molecule has 1 aromatic heterocycles. The Bertz CT molecular complexity index is 529. The molecule has 0 bridgehead atoms. The van der Waals surface area contributed by atoms with Gasteiger partial charge in [0, 0.05) is 12.6 Å². The van der Waals surface area contributed by atoms with Crippen molar-refractivity contribution in [3.05, 3.63) is 41.6 Å². The van der Waals surface area contributed by atoms with Crippen molar-refractivity contribution in [1.82, 2.24) is 9.78 Å². The smallest absolute Gasteiger partial charge is 0.148 e. The molecule has 0 aliphatic rings. The third kappa shape index (κ3) is 3.08. The molecule has 0 aliphatic carbocycles. The minimum absolute atomic E-state index is 0.301. The van der Waals surface area contributed by atoms with E-state index in [1.54, 1.807) is 0 Å². The number of hydrogen-bond donors (Lipinski definition) is 2. The van der Waals surface area contributed by atoms with Gasteiger partial charge in [0.15, 0.2) is 0 Å². The van der Waals surface area contributed by atoms with Crippen molar-refractivity contribution in [2.45, 2.75) is 33.2 Å². The molecular weight excluding hydrogens is 236 g/mol. The van der Waals surface area contributed by atoms with Crippen LogP contribution in [0.1, 0.15) is 31.1 Å². The summed E-state index contributed by atoms with van der Waals surface area (Å²) in [5.41, 5.74) is 9.03. The quantitative estimate of drug-likeness (QED) is 0.866. The first-order valence-corrected chi connectivity index (χ1v) is 6.72. The number of nitrogens with zero attached hydrogens (tertiary/aromatic N) is 2. The second-order valence-electron chi connectivity index (χ2n) is 5.05. The predicted octanol–water partition coefficient (Wildman–Crippen LogP) is 3.01. The maximum atomic E-state index is 6.07. The third-order valence-corrected chi connectivity index (χ3v) is 3.17. The molecule has 0 radical (unpaired) electrons. The average Bonchev–Trinajstić information content (AvgIpc) is 2.68. The van der Waals surface area contributed by atoms with Crippen LogP contribution in [0.4, 0.5) is 11.5 Å². The van der Waals surface area contributed by atoms with E-state index in [0.717, 1.165) is 30.2 Å². The highest BCUT2D eigenvalue weighted by Gasteiger charge is 2.13. The maximum Gasteiger partial charge on any atom is 0.148 e. The van der Waals surface area contributed by atoms with Crippen LogP contribution < -0.4 is 11.1 Å². The van der Waals surface area contributed by atoms with Gasteiger partial charge < -0.3 is 11.1 Å². The summed E-state index contributed by atoms with van der Waals surface area (Å²) < 4.78 is 1.95. The van der Waals surface area contributed by atoms with Gasteiger partial charge in [-0.25, -0.2) is 4.68 Å². The van der Waals surface area contributed by atoms with Crippen LogP contribution in [0.25, 0.3) is 0 Å².